The summed E-state index contributed by atoms with van der Waals surface area (Å²) in [6, 6.07) is 11.2. The lowest BCUT2D eigenvalue weighted by Crippen LogP contribution is -2.28. The van der Waals surface area contributed by atoms with Crippen molar-refractivity contribution in [1.29, 1.82) is 0 Å². The number of aromatic nitrogens is 2. The summed E-state index contributed by atoms with van der Waals surface area (Å²) in [5, 5.41) is 14.7. The van der Waals surface area contributed by atoms with Gasteiger partial charge >= 0.3 is 5.97 Å². The average molecular weight is 500 g/mol. The summed E-state index contributed by atoms with van der Waals surface area (Å²) >= 11 is 0. The monoisotopic (exact) mass is 499 g/mol. The van der Waals surface area contributed by atoms with Gasteiger partial charge in [0, 0.05) is 41.4 Å². The topological polar surface area (TPSA) is 111 Å². The molecule has 8 heteroatoms. The summed E-state index contributed by atoms with van der Waals surface area (Å²) in [6.07, 6.45) is 1.32. The number of carboxylic acid groups (broad SMARTS) is 1. The Morgan fingerprint density at radius 2 is 1.95 bits per heavy atom. The number of carbonyl (C=O) groups is 2. The molecule has 5 rings (SSSR count). The van der Waals surface area contributed by atoms with Crippen LogP contribution in [0.3, 0.4) is 0 Å². The number of nitrogens with one attached hydrogen (secondary N) is 1. The molecule has 3 heterocycles. The lowest BCUT2D eigenvalue weighted by molar-refractivity contribution is -0.160. The molecular formula is C29H29N3O5. The number of pyridine rings is 2. The Morgan fingerprint density at radius 1 is 1.16 bits per heavy atom. The molecule has 0 saturated heterocycles. The van der Waals surface area contributed by atoms with E-state index in [-0.39, 0.29) is 5.91 Å². The zero-order chi connectivity index (χ0) is 26.5. The molecule has 1 amide bonds. The van der Waals surface area contributed by atoms with E-state index in [0.717, 1.165) is 39.6 Å². The lowest BCUT2D eigenvalue weighted by Gasteiger charge is -2.29. The predicted molar refractivity (Wildman–Crippen MR) is 142 cm³/mol. The van der Waals surface area contributed by atoms with Gasteiger partial charge in [0.25, 0.3) is 0 Å². The highest BCUT2D eigenvalue weighted by Crippen LogP contribution is 2.45. The van der Waals surface area contributed by atoms with Crippen LogP contribution in [0.2, 0.25) is 0 Å². The van der Waals surface area contributed by atoms with Crippen LogP contribution in [0.15, 0.2) is 42.6 Å². The van der Waals surface area contributed by atoms with Crippen molar-refractivity contribution in [3.05, 3.63) is 59.3 Å². The van der Waals surface area contributed by atoms with Crippen LogP contribution in [0.5, 0.6) is 5.75 Å². The Morgan fingerprint density at radius 3 is 2.65 bits per heavy atom. The number of rotatable bonds is 5. The number of fused-ring (bicyclic) bond motifs is 1. The number of benzene rings is 2. The van der Waals surface area contributed by atoms with Gasteiger partial charge in [0.15, 0.2) is 6.10 Å². The molecule has 1 aliphatic heterocycles. The number of ether oxygens (including phenoxy) is 2. The van der Waals surface area contributed by atoms with Gasteiger partial charge in [-0.15, -0.1) is 0 Å². The van der Waals surface area contributed by atoms with Crippen molar-refractivity contribution < 1.29 is 24.2 Å². The zero-order valence-electron chi connectivity index (χ0n) is 21.5. The maximum atomic E-state index is 12.6. The molecule has 0 bridgehead atoms. The smallest absolute Gasteiger partial charge is 0.337 e. The van der Waals surface area contributed by atoms with Gasteiger partial charge in [-0.25, -0.2) is 9.78 Å². The maximum Gasteiger partial charge on any atom is 0.337 e. The van der Waals surface area contributed by atoms with E-state index in [2.05, 4.69) is 10.3 Å². The lowest BCUT2D eigenvalue weighted by atomic mass is 9.86. The van der Waals surface area contributed by atoms with E-state index >= 15 is 0 Å². The van der Waals surface area contributed by atoms with Gasteiger partial charge in [0.05, 0.1) is 23.2 Å². The molecule has 2 aromatic heterocycles. The third kappa shape index (κ3) is 4.60. The molecule has 37 heavy (non-hydrogen) atoms. The van der Waals surface area contributed by atoms with E-state index in [0.29, 0.717) is 34.6 Å². The molecule has 2 N–H and O–H groups in total. The quantitative estimate of drug-likeness (QED) is 0.368. The second-order valence-electron chi connectivity index (χ2n) is 10.3. The van der Waals surface area contributed by atoms with E-state index < -0.39 is 17.7 Å². The first-order valence-electron chi connectivity index (χ1n) is 12.2. The van der Waals surface area contributed by atoms with E-state index in [4.69, 9.17) is 14.5 Å². The summed E-state index contributed by atoms with van der Waals surface area (Å²) < 4.78 is 12.0. The number of anilines is 1. The van der Waals surface area contributed by atoms with Crippen LogP contribution in [0.25, 0.3) is 32.9 Å². The van der Waals surface area contributed by atoms with Crippen molar-refractivity contribution in [3.63, 3.8) is 0 Å². The molecule has 8 nitrogen and oxygen atoms in total. The highest BCUT2D eigenvalue weighted by molar-refractivity contribution is 6.08. The highest BCUT2D eigenvalue weighted by atomic mass is 16.5. The molecule has 1 atom stereocenters. The van der Waals surface area contributed by atoms with Crippen molar-refractivity contribution in [2.45, 2.75) is 52.7 Å². The van der Waals surface area contributed by atoms with Gasteiger partial charge in [-0.3, -0.25) is 9.78 Å². The third-order valence-corrected chi connectivity index (χ3v) is 6.34. The van der Waals surface area contributed by atoms with Gasteiger partial charge in [0.1, 0.15) is 11.6 Å². The molecule has 1 aliphatic rings. The molecule has 4 aromatic rings. The molecular weight excluding hydrogens is 470 g/mol. The third-order valence-electron chi connectivity index (χ3n) is 6.34. The number of aryl methyl sites for hydroxylation is 1. The van der Waals surface area contributed by atoms with E-state index in [1.807, 2.05) is 58.0 Å². The van der Waals surface area contributed by atoms with Gasteiger partial charge in [-0.05, 0) is 80.8 Å². The fraction of sp³-hybridized carbons (Fsp3) is 0.310. The SMILES string of the molecule is CC(=O)Nc1ccc2c(-c3ccc4c5c(ccnc35)CCO4)c([C@H](OC(C)(C)C)C(=O)O)c(C)cc2n1. The predicted octanol–water partition coefficient (Wildman–Crippen LogP) is 5.59. The van der Waals surface area contributed by atoms with E-state index in [9.17, 15) is 14.7 Å². The van der Waals surface area contributed by atoms with Crippen LogP contribution in [0.1, 0.15) is 50.5 Å². The van der Waals surface area contributed by atoms with Crippen LogP contribution < -0.4 is 10.1 Å². The molecule has 2 aromatic carbocycles. The summed E-state index contributed by atoms with van der Waals surface area (Å²) in [5.41, 5.74) is 4.50. The standard InChI is InChI=1S/C29H29N3O5/c1-15-14-20-18(7-9-22(32-20)31-16(2)33)25(23(15)27(28(34)35)37-29(3,4)5)19-6-8-21-24-17(11-13-36-21)10-12-30-26(19)24/h6-10,12,14,27H,11,13H2,1-5H3,(H,34,35)(H,31,32,33)/t27-/m0/s1. The minimum atomic E-state index is -1.23. The highest BCUT2D eigenvalue weighted by Gasteiger charge is 2.33. The number of carboxylic acids is 1. The van der Waals surface area contributed by atoms with E-state index in [1.165, 1.54) is 6.92 Å². The Hall–Kier alpha value is -4.04. The van der Waals surface area contributed by atoms with Gasteiger partial charge in [-0.2, -0.15) is 0 Å². The number of nitrogens with zero attached hydrogens (tertiary/aromatic N) is 2. The summed E-state index contributed by atoms with van der Waals surface area (Å²) in [7, 11) is 0. The van der Waals surface area contributed by atoms with Crippen molar-refractivity contribution in [2.75, 3.05) is 11.9 Å². The van der Waals surface area contributed by atoms with Gasteiger partial charge in [-0.1, -0.05) is 0 Å². The molecule has 0 unspecified atom stereocenters. The number of hydrogen-bond donors (Lipinski definition) is 2. The molecule has 0 spiro atoms. The van der Waals surface area contributed by atoms with Crippen molar-refractivity contribution in [3.8, 4) is 16.9 Å². The Kier molecular flexibility index (Phi) is 6.07. The second-order valence-corrected chi connectivity index (χ2v) is 10.3. The number of aliphatic carboxylic acids is 1. The minimum Gasteiger partial charge on any atom is -0.493 e. The molecule has 0 aliphatic carbocycles. The first kappa shape index (κ1) is 24.6. The van der Waals surface area contributed by atoms with Crippen LogP contribution in [-0.4, -0.2) is 39.2 Å². The van der Waals surface area contributed by atoms with Crippen LogP contribution in [0.4, 0.5) is 5.82 Å². The van der Waals surface area contributed by atoms with Crippen LogP contribution in [-0.2, 0) is 20.7 Å². The second kappa shape index (κ2) is 9.12. The zero-order valence-corrected chi connectivity index (χ0v) is 21.5. The molecule has 0 radical (unpaired) electrons. The Labute approximate surface area is 214 Å². The Balaban J connectivity index is 1.88. The summed E-state index contributed by atoms with van der Waals surface area (Å²) in [4.78, 5) is 33.7. The van der Waals surface area contributed by atoms with Crippen LogP contribution >= 0.6 is 0 Å². The number of hydrogen-bond acceptors (Lipinski definition) is 6. The normalized spacial score (nSPS) is 13.9. The van der Waals surface area contributed by atoms with Gasteiger partial charge in [0.2, 0.25) is 5.91 Å². The number of carbonyl (C=O) groups excluding carboxylic acids is 1. The molecule has 0 saturated carbocycles. The fourth-order valence-electron chi connectivity index (χ4n) is 4.99. The summed E-state index contributed by atoms with van der Waals surface area (Å²) in [6.45, 7) is 9.38. The van der Waals surface area contributed by atoms with Gasteiger partial charge < -0.3 is 19.9 Å². The Bertz CT molecular complexity index is 1560. The minimum absolute atomic E-state index is 0.224. The average Bonchev–Trinajstić information content (AvgIpc) is 2.82. The molecule has 0 fully saturated rings. The fourth-order valence-corrected chi connectivity index (χ4v) is 4.99. The first-order valence-corrected chi connectivity index (χ1v) is 12.2. The summed E-state index contributed by atoms with van der Waals surface area (Å²) in [5.74, 6) is -0.126. The number of amides is 1. The molecule has 190 valence electrons. The van der Waals surface area contributed by atoms with Crippen molar-refractivity contribution in [1.82, 2.24) is 9.97 Å². The maximum absolute atomic E-state index is 12.6. The van der Waals surface area contributed by atoms with Crippen molar-refractivity contribution in [2.24, 2.45) is 0 Å². The van der Waals surface area contributed by atoms with E-state index in [1.54, 1.807) is 12.3 Å². The first-order chi connectivity index (χ1) is 17.5. The largest absolute Gasteiger partial charge is 0.493 e. The van der Waals surface area contributed by atoms with Crippen LogP contribution in [0, 0.1) is 6.92 Å². The van der Waals surface area contributed by atoms with Crippen molar-refractivity contribution >= 4 is 39.5 Å².